The minimum atomic E-state index is -5.22. The van der Waals surface area contributed by atoms with Crippen molar-refractivity contribution in [3.63, 3.8) is 0 Å². The fourth-order valence-corrected chi connectivity index (χ4v) is 3.96. The van der Waals surface area contributed by atoms with E-state index in [2.05, 4.69) is 16.1 Å². The summed E-state index contributed by atoms with van der Waals surface area (Å²) >= 11 is 4.89. The lowest BCUT2D eigenvalue weighted by molar-refractivity contribution is -0.309. The van der Waals surface area contributed by atoms with E-state index >= 15 is 0 Å². The highest BCUT2D eigenvalue weighted by atomic mass is 35.5. The van der Waals surface area contributed by atoms with Gasteiger partial charge in [-0.05, 0) is 5.41 Å². The molecular weight excluding hydrogens is 521 g/mol. The van der Waals surface area contributed by atoms with Crippen LogP contribution < -0.4 is 0 Å². The zero-order valence-corrected chi connectivity index (χ0v) is 17.7. The highest BCUT2D eigenvalue weighted by molar-refractivity contribution is 6.20. The summed E-state index contributed by atoms with van der Waals surface area (Å²) in [4.78, 5) is 12.6. The highest BCUT2D eigenvalue weighted by Gasteiger charge is 2.83. The molecule has 0 N–H and O–H groups in total. The van der Waals surface area contributed by atoms with Crippen molar-refractivity contribution in [1.82, 2.24) is 0 Å². The van der Waals surface area contributed by atoms with Gasteiger partial charge >= 0.3 is 24.4 Å². The van der Waals surface area contributed by atoms with E-state index in [0.29, 0.717) is 6.08 Å². The van der Waals surface area contributed by atoms with Gasteiger partial charge in [0.15, 0.2) is 23.3 Å². The molecule has 1 aromatic carbocycles. The van der Waals surface area contributed by atoms with Crippen molar-refractivity contribution in [3.05, 3.63) is 47.3 Å². The third-order valence-electron chi connectivity index (χ3n) is 5.66. The Bertz CT molecular complexity index is 969. The van der Waals surface area contributed by atoms with Crippen LogP contribution in [0.25, 0.3) is 0 Å². The normalized spacial score (nSPS) is 23.1. The van der Waals surface area contributed by atoms with Crippen LogP contribution in [0.15, 0.2) is 12.7 Å². The van der Waals surface area contributed by atoms with Gasteiger partial charge < -0.3 is 4.74 Å². The zero-order valence-electron chi connectivity index (χ0n) is 17.0. The molecule has 0 radical (unpaired) electrons. The van der Waals surface area contributed by atoms with Crippen LogP contribution in [0.1, 0.15) is 19.4 Å². The molecule has 2 rings (SSSR count). The quantitative estimate of drug-likeness (QED) is 0.0928. The molecule has 1 aromatic rings. The average molecular weight is 535 g/mol. The van der Waals surface area contributed by atoms with Crippen LogP contribution in [0, 0.1) is 45.8 Å². The van der Waals surface area contributed by atoms with Crippen molar-refractivity contribution < 1.29 is 62.6 Å². The third kappa shape index (κ3) is 4.12. The summed E-state index contributed by atoms with van der Waals surface area (Å²) < 4.78 is 156. The number of benzene rings is 1. The number of carbonyl (C=O) groups excluding carboxylic acids is 1. The predicted molar refractivity (Wildman–Crippen MR) is 92.6 cm³/mol. The maximum absolute atomic E-state index is 14.6. The first kappa shape index (κ1) is 28.1. The molecule has 1 aliphatic rings. The van der Waals surface area contributed by atoms with Crippen LogP contribution in [-0.4, -0.2) is 30.0 Å². The van der Waals surface area contributed by atoms with Gasteiger partial charge in [0, 0.05) is 0 Å². The summed E-state index contributed by atoms with van der Waals surface area (Å²) in [7, 11) is 0. The van der Waals surface area contributed by atoms with Gasteiger partial charge in [-0.15, -0.1) is 6.58 Å². The summed E-state index contributed by atoms with van der Waals surface area (Å²) in [5.74, 6) is -21.3. The van der Waals surface area contributed by atoms with Gasteiger partial charge in [-0.3, -0.25) is 9.53 Å². The summed E-state index contributed by atoms with van der Waals surface area (Å²) in [6, 6.07) is 0. The highest BCUT2D eigenvalue weighted by Crippen LogP contribution is 2.75. The van der Waals surface area contributed by atoms with E-state index in [0.717, 1.165) is 13.8 Å². The number of rotatable bonds is 9. The lowest BCUT2D eigenvalue weighted by atomic mass is 9.96. The molecule has 0 aromatic heterocycles. The van der Waals surface area contributed by atoms with Gasteiger partial charge in [0.2, 0.25) is 11.4 Å². The van der Waals surface area contributed by atoms with Crippen LogP contribution in [0.5, 0.6) is 0 Å². The molecule has 1 aliphatic carbocycles. The van der Waals surface area contributed by atoms with Crippen LogP contribution in [-0.2, 0) is 20.9 Å². The van der Waals surface area contributed by atoms with E-state index in [-0.39, 0.29) is 0 Å². The molecule has 3 nitrogen and oxygen atoms in total. The lowest BCUT2D eigenvalue weighted by Gasteiger charge is -2.27. The molecule has 0 saturated heterocycles. The van der Waals surface area contributed by atoms with E-state index < -0.39 is 88.0 Å². The number of esters is 1. The maximum Gasteiger partial charge on any atom is 0.362 e. The van der Waals surface area contributed by atoms with Crippen molar-refractivity contribution >= 4 is 17.6 Å². The number of alkyl halides is 7. The SMILES string of the molecule is C=CC1(C(=O)OCc2c(F)c(F)c(F)c(F)c2F)C(C(F)(F)OC(Cl)C(F)(F)C(F)F)C1(C)C. The van der Waals surface area contributed by atoms with Gasteiger partial charge in [0.25, 0.3) is 0 Å². The van der Waals surface area contributed by atoms with Gasteiger partial charge in [0.1, 0.15) is 12.0 Å². The molecule has 1 saturated carbocycles. The Kier molecular flexibility index (Phi) is 7.32. The predicted octanol–water partition coefficient (Wildman–Crippen LogP) is 6.33. The Balaban J connectivity index is 2.32. The number of hydrogen-bond donors (Lipinski definition) is 0. The third-order valence-corrected chi connectivity index (χ3v) is 6.04. The number of halogens is 12. The summed E-state index contributed by atoms with van der Waals surface area (Å²) in [5, 5.41) is 0. The maximum atomic E-state index is 14.6. The molecule has 0 bridgehead atoms. The van der Waals surface area contributed by atoms with Crippen LogP contribution >= 0.6 is 11.6 Å². The molecule has 15 heteroatoms. The second kappa shape index (κ2) is 8.85. The van der Waals surface area contributed by atoms with Gasteiger partial charge in [-0.1, -0.05) is 31.5 Å². The molecule has 3 atom stereocenters. The molecule has 34 heavy (non-hydrogen) atoms. The zero-order chi connectivity index (χ0) is 26.6. The number of hydrogen-bond acceptors (Lipinski definition) is 3. The van der Waals surface area contributed by atoms with Crippen molar-refractivity contribution in [3.8, 4) is 0 Å². The lowest BCUT2D eigenvalue weighted by Crippen LogP contribution is -2.44. The molecular formula is C19H14ClF11O3. The Morgan fingerprint density at radius 1 is 1.03 bits per heavy atom. The van der Waals surface area contributed by atoms with Gasteiger partial charge in [-0.25, -0.2) is 30.7 Å². The molecule has 192 valence electrons. The van der Waals surface area contributed by atoms with Crippen molar-refractivity contribution in [2.24, 2.45) is 16.7 Å². The van der Waals surface area contributed by atoms with Crippen molar-refractivity contribution in [2.75, 3.05) is 0 Å². The largest absolute Gasteiger partial charge is 0.460 e. The average Bonchev–Trinajstić information content (AvgIpc) is 3.27. The van der Waals surface area contributed by atoms with Crippen LogP contribution in [0.3, 0.4) is 0 Å². The Labute approximate surface area is 189 Å². The minimum absolute atomic E-state index is 0.560. The number of carbonyl (C=O) groups is 1. The van der Waals surface area contributed by atoms with Gasteiger partial charge in [-0.2, -0.15) is 17.6 Å². The van der Waals surface area contributed by atoms with E-state index in [4.69, 9.17) is 11.6 Å². The standard InChI is InChI=1S/C19H14ClF11O3/c1-4-17(15(32)33-5-6-7(21)9(23)11(25)10(24)8(6)22)12(16(17,2)3)19(30,31)34-13(20)18(28,29)14(26)27/h4,12-14H,1,5H2,2-3H3. The molecule has 0 amide bonds. The molecule has 1 fully saturated rings. The first-order valence-electron chi connectivity index (χ1n) is 8.99. The van der Waals surface area contributed by atoms with Gasteiger partial charge in [0.05, 0.1) is 11.5 Å². The second-order valence-corrected chi connectivity index (χ2v) is 8.22. The van der Waals surface area contributed by atoms with Crippen LogP contribution in [0.4, 0.5) is 48.3 Å². The van der Waals surface area contributed by atoms with Crippen molar-refractivity contribution in [1.29, 1.82) is 0 Å². The Morgan fingerprint density at radius 3 is 1.88 bits per heavy atom. The first-order valence-corrected chi connectivity index (χ1v) is 9.42. The summed E-state index contributed by atoms with van der Waals surface area (Å²) in [5.41, 5.74) is -9.59. The topological polar surface area (TPSA) is 35.5 Å². The number of ether oxygens (including phenoxy) is 2. The fourth-order valence-electron chi connectivity index (χ4n) is 3.74. The van der Waals surface area contributed by atoms with E-state index in [9.17, 15) is 53.1 Å². The summed E-state index contributed by atoms with van der Waals surface area (Å²) in [6.07, 6.45) is -8.69. The van der Waals surface area contributed by atoms with Crippen LogP contribution in [0.2, 0.25) is 0 Å². The first-order chi connectivity index (χ1) is 15.3. The summed E-state index contributed by atoms with van der Waals surface area (Å²) in [6.45, 7) is 3.48. The van der Waals surface area contributed by atoms with Crippen molar-refractivity contribution in [2.45, 2.75) is 44.5 Å². The monoisotopic (exact) mass is 534 g/mol. The molecule has 3 unspecified atom stereocenters. The molecule has 0 spiro atoms. The Hall–Kier alpha value is -2.09. The second-order valence-electron chi connectivity index (χ2n) is 7.82. The smallest absolute Gasteiger partial charge is 0.362 e. The van der Waals surface area contributed by atoms with E-state index in [1.54, 1.807) is 0 Å². The molecule has 0 heterocycles. The molecule has 0 aliphatic heterocycles. The van der Waals surface area contributed by atoms with E-state index in [1.165, 1.54) is 0 Å². The van der Waals surface area contributed by atoms with E-state index in [1.807, 2.05) is 0 Å². The minimum Gasteiger partial charge on any atom is -0.460 e. The Morgan fingerprint density at radius 2 is 1.47 bits per heavy atom. The fraction of sp³-hybridized carbons (Fsp3) is 0.526.